The minimum atomic E-state index is -0.262. The summed E-state index contributed by atoms with van der Waals surface area (Å²) in [6.07, 6.45) is 1.82. The minimum Gasteiger partial charge on any atom is -0.295 e. The zero-order valence-corrected chi connectivity index (χ0v) is 12.5. The molecule has 1 N–H and O–H groups in total. The first-order chi connectivity index (χ1) is 10.2. The van der Waals surface area contributed by atoms with Gasteiger partial charge in [0.1, 0.15) is 11.3 Å². The summed E-state index contributed by atoms with van der Waals surface area (Å²) in [6, 6.07) is 9.54. The molecule has 5 nitrogen and oxygen atoms in total. The Morgan fingerprint density at radius 3 is 2.95 bits per heavy atom. The van der Waals surface area contributed by atoms with Crippen LogP contribution in [0.1, 0.15) is 28.0 Å². The molecule has 6 heteroatoms. The zero-order chi connectivity index (χ0) is 14.8. The van der Waals surface area contributed by atoms with Crippen molar-refractivity contribution in [3.63, 3.8) is 0 Å². The Kier molecular flexibility index (Phi) is 3.53. The summed E-state index contributed by atoms with van der Waals surface area (Å²) >= 11 is 1.59. The highest BCUT2D eigenvalue weighted by Gasteiger charge is 2.15. The summed E-state index contributed by atoms with van der Waals surface area (Å²) in [5.41, 5.74) is 5.32. The standard InChI is InChI=1S/C15H14N4OS/c1-10(12-6-5-9-21-12)17-18-15(20)14-11(2)16-13-7-3-4-8-19(13)14/h3-9H,1-2H3,(H,18,20)/b17-10-. The van der Waals surface area contributed by atoms with E-state index in [4.69, 9.17) is 0 Å². The van der Waals surface area contributed by atoms with Crippen LogP contribution in [0, 0.1) is 6.92 Å². The van der Waals surface area contributed by atoms with E-state index in [9.17, 15) is 4.79 Å². The molecule has 0 saturated heterocycles. The van der Waals surface area contributed by atoms with Crippen molar-refractivity contribution in [2.75, 3.05) is 0 Å². The molecule has 0 aliphatic carbocycles. The summed E-state index contributed by atoms with van der Waals surface area (Å²) in [4.78, 5) is 17.7. The molecule has 21 heavy (non-hydrogen) atoms. The molecule has 0 aliphatic heterocycles. The number of pyridine rings is 1. The number of thiophene rings is 1. The van der Waals surface area contributed by atoms with Gasteiger partial charge in [-0.3, -0.25) is 9.20 Å². The smallest absolute Gasteiger partial charge is 0.290 e. The second-order valence-electron chi connectivity index (χ2n) is 4.59. The normalized spacial score (nSPS) is 11.8. The number of aryl methyl sites for hydroxylation is 1. The van der Waals surface area contributed by atoms with E-state index in [-0.39, 0.29) is 5.91 Å². The molecule has 1 amide bonds. The second kappa shape index (κ2) is 5.49. The molecule has 0 unspecified atom stereocenters. The highest BCUT2D eigenvalue weighted by molar-refractivity contribution is 7.12. The molecule has 0 radical (unpaired) electrons. The van der Waals surface area contributed by atoms with Gasteiger partial charge in [0.15, 0.2) is 0 Å². The SMILES string of the molecule is C/C(=N/NC(=O)c1c(C)nc2ccccn12)c1cccs1. The molecule has 0 saturated carbocycles. The predicted octanol–water partition coefficient (Wildman–Crippen LogP) is 2.86. The lowest BCUT2D eigenvalue weighted by Crippen LogP contribution is -2.21. The number of amides is 1. The van der Waals surface area contributed by atoms with Gasteiger partial charge in [0, 0.05) is 11.1 Å². The first-order valence-corrected chi connectivity index (χ1v) is 7.37. The van der Waals surface area contributed by atoms with Crippen LogP contribution in [-0.4, -0.2) is 21.0 Å². The number of nitrogens with zero attached hydrogens (tertiary/aromatic N) is 3. The van der Waals surface area contributed by atoms with Crippen LogP contribution in [0.5, 0.6) is 0 Å². The van der Waals surface area contributed by atoms with Gasteiger partial charge in [0.25, 0.3) is 5.91 Å². The first-order valence-electron chi connectivity index (χ1n) is 6.49. The van der Waals surface area contributed by atoms with Crippen molar-refractivity contribution >= 4 is 28.6 Å². The fraction of sp³-hybridized carbons (Fsp3) is 0.133. The Balaban J connectivity index is 1.88. The average Bonchev–Trinajstić information content (AvgIpc) is 3.10. The van der Waals surface area contributed by atoms with E-state index in [1.54, 1.807) is 15.7 Å². The Morgan fingerprint density at radius 2 is 2.19 bits per heavy atom. The molecule has 3 aromatic heterocycles. The minimum absolute atomic E-state index is 0.262. The van der Waals surface area contributed by atoms with E-state index < -0.39 is 0 Å². The van der Waals surface area contributed by atoms with Crippen molar-refractivity contribution in [3.05, 3.63) is 58.2 Å². The number of aromatic nitrogens is 2. The summed E-state index contributed by atoms with van der Waals surface area (Å²) in [5.74, 6) is -0.262. The van der Waals surface area contributed by atoms with Crippen LogP contribution in [0.25, 0.3) is 5.65 Å². The van der Waals surface area contributed by atoms with Gasteiger partial charge in [-0.1, -0.05) is 12.1 Å². The van der Waals surface area contributed by atoms with E-state index in [0.29, 0.717) is 11.4 Å². The van der Waals surface area contributed by atoms with Gasteiger partial charge in [-0.25, -0.2) is 10.4 Å². The van der Waals surface area contributed by atoms with Crippen molar-refractivity contribution in [2.45, 2.75) is 13.8 Å². The van der Waals surface area contributed by atoms with Crippen LogP contribution < -0.4 is 5.43 Å². The number of carbonyl (C=O) groups is 1. The summed E-state index contributed by atoms with van der Waals surface area (Å²) in [5, 5.41) is 6.13. The fourth-order valence-electron chi connectivity index (χ4n) is 2.11. The van der Waals surface area contributed by atoms with E-state index in [1.807, 2.05) is 55.8 Å². The van der Waals surface area contributed by atoms with Gasteiger partial charge >= 0.3 is 0 Å². The molecular formula is C15H14N4OS. The number of fused-ring (bicyclic) bond motifs is 1. The number of hydrazone groups is 1. The van der Waals surface area contributed by atoms with Crippen LogP contribution in [0.15, 0.2) is 47.0 Å². The van der Waals surface area contributed by atoms with Crippen molar-refractivity contribution in [2.24, 2.45) is 5.10 Å². The third-order valence-corrected chi connectivity index (χ3v) is 4.10. The molecule has 106 valence electrons. The molecule has 0 atom stereocenters. The zero-order valence-electron chi connectivity index (χ0n) is 11.7. The van der Waals surface area contributed by atoms with Crippen molar-refractivity contribution in [3.8, 4) is 0 Å². The van der Waals surface area contributed by atoms with Crippen molar-refractivity contribution < 1.29 is 4.79 Å². The predicted molar refractivity (Wildman–Crippen MR) is 83.9 cm³/mol. The van der Waals surface area contributed by atoms with E-state index in [2.05, 4.69) is 15.5 Å². The third-order valence-electron chi connectivity index (χ3n) is 3.12. The van der Waals surface area contributed by atoms with Crippen molar-refractivity contribution in [1.82, 2.24) is 14.8 Å². The number of rotatable bonds is 3. The van der Waals surface area contributed by atoms with Crippen LogP contribution in [0.2, 0.25) is 0 Å². The van der Waals surface area contributed by atoms with Gasteiger partial charge < -0.3 is 0 Å². The molecule has 0 fully saturated rings. The van der Waals surface area contributed by atoms with Crippen LogP contribution >= 0.6 is 11.3 Å². The lowest BCUT2D eigenvalue weighted by Gasteiger charge is -2.02. The number of hydrogen-bond donors (Lipinski definition) is 1. The van der Waals surface area contributed by atoms with Gasteiger partial charge in [-0.15, -0.1) is 11.3 Å². The van der Waals surface area contributed by atoms with E-state index in [0.717, 1.165) is 16.2 Å². The maximum Gasteiger partial charge on any atom is 0.290 e. The quantitative estimate of drug-likeness (QED) is 0.597. The second-order valence-corrected chi connectivity index (χ2v) is 5.54. The van der Waals surface area contributed by atoms with Crippen LogP contribution in [-0.2, 0) is 0 Å². The lowest BCUT2D eigenvalue weighted by molar-refractivity contribution is 0.0948. The van der Waals surface area contributed by atoms with Crippen LogP contribution in [0.3, 0.4) is 0 Å². The Bertz CT molecular complexity index is 817. The largest absolute Gasteiger partial charge is 0.295 e. The number of imidazole rings is 1. The summed E-state index contributed by atoms with van der Waals surface area (Å²) < 4.78 is 1.76. The lowest BCUT2D eigenvalue weighted by atomic mass is 10.3. The van der Waals surface area contributed by atoms with Gasteiger partial charge in [0.05, 0.1) is 11.4 Å². The molecule has 3 aromatic rings. The van der Waals surface area contributed by atoms with Gasteiger partial charge in [-0.2, -0.15) is 5.10 Å². The van der Waals surface area contributed by atoms with Gasteiger partial charge in [-0.05, 0) is 37.4 Å². The Hall–Kier alpha value is -2.47. The molecule has 3 rings (SSSR count). The van der Waals surface area contributed by atoms with Crippen LogP contribution in [0.4, 0.5) is 0 Å². The maximum absolute atomic E-state index is 12.3. The number of nitrogens with one attached hydrogen (secondary N) is 1. The fourth-order valence-corrected chi connectivity index (χ4v) is 2.79. The molecular weight excluding hydrogens is 284 g/mol. The third kappa shape index (κ3) is 2.57. The summed E-state index contributed by atoms with van der Waals surface area (Å²) in [6.45, 7) is 3.69. The summed E-state index contributed by atoms with van der Waals surface area (Å²) in [7, 11) is 0. The maximum atomic E-state index is 12.3. The molecule has 0 aliphatic rings. The van der Waals surface area contributed by atoms with Gasteiger partial charge in [0.2, 0.25) is 0 Å². The molecule has 3 heterocycles. The molecule has 0 bridgehead atoms. The average molecular weight is 298 g/mol. The monoisotopic (exact) mass is 298 g/mol. The number of hydrogen-bond acceptors (Lipinski definition) is 4. The first kappa shape index (κ1) is 13.5. The molecule has 0 spiro atoms. The van der Waals surface area contributed by atoms with Crippen molar-refractivity contribution in [1.29, 1.82) is 0 Å². The highest BCUT2D eigenvalue weighted by Crippen LogP contribution is 2.12. The highest BCUT2D eigenvalue weighted by atomic mass is 32.1. The Morgan fingerprint density at radius 1 is 1.33 bits per heavy atom. The Labute approximate surface area is 126 Å². The van der Waals surface area contributed by atoms with E-state index >= 15 is 0 Å². The topological polar surface area (TPSA) is 58.8 Å². The van der Waals surface area contributed by atoms with E-state index in [1.165, 1.54) is 0 Å². The number of carbonyl (C=O) groups excluding carboxylic acids is 1. The molecule has 0 aromatic carbocycles.